The molecule has 1 N–H and O–H groups in total. The molecular weight excluding hydrogens is 282 g/mol. The Hall–Kier alpha value is -0.800. The highest BCUT2D eigenvalue weighted by molar-refractivity contribution is 6.31. The van der Waals surface area contributed by atoms with Crippen LogP contribution in [0.5, 0.6) is 0 Å². The zero-order chi connectivity index (χ0) is 15.2. The molecule has 2 rings (SSSR count). The van der Waals surface area contributed by atoms with Gasteiger partial charge in [0.25, 0.3) is 0 Å². The smallest absolute Gasteiger partial charge is 0.129 e. The number of aromatic nitrogens is 1. The Labute approximate surface area is 134 Å². The molecule has 0 aromatic carbocycles. The predicted molar refractivity (Wildman–Crippen MR) is 91.1 cm³/mol. The molecule has 4 heteroatoms. The van der Waals surface area contributed by atoms with Crippen LogP contribution in [0.4, 0.5) is 5.82 Å². The van der Waals surface area contributed by atoms with Crippen molar-refractivity contribution in [2.75, 3.05) is 18.0 Å². The summed E-state index contributed by atoms with van der Waals surface area (Å²) >= 11 is 6.28. The molecule has 0 aliphatic heterocycles. The molecule has 0 amide bonds. The largest absolute Gasteiger partial charge is 0.354 e. The fourth-order valence-electron chi connectivity index (χ4n) is 2.41. The Morgan fingerprint density at radius 2 is 2.14 bits per heavy atom. The summed E-state index contributed by atoms with van der Waals surface area (Å²) in [6.45, 7) is 9.57. The van der Waals surface area contributed by atoms with Crippen molar-refractivity contribution in [2.45, 2.75) is 59.0 Å². The van der Waals surface area contributed by atoms with E-state index in [1.54, 1.807) is 0 Å². The van der Waals surface area contributed by atoms with Crippen LogP contribution in [0.2, 0.25) is 5.02 Å². The van der Waals surface area contributed by atoms with Gasteiger partial charge in [-0.15, -0.1) is 0 Å². The van der Waals surface area contributed by atoms with Gasteiger partial charge in [0.2, 0.25) is 0 Å². The van der Waals surface area contributed by atoms with Gasteiger partial charge < -0.3 is 10.2 Å². The Kier molecular flexibility index (Phi) is 6.31. The lowest BCUT2D eigenvalue weighted by molar-refractivity contribution is 0.567. The maximum Gasteiger partial charge on any atom is 0.129 e. The second-order valence-electron chi connectivity index (χ2n) is 6.38. The average Bonchev–Trinajstić information content (AvgIpc) is 3.26. The molecule has 1 fully saturated rings. The Morgan fingerprint density at radius 1 is 1.38 bits per heavy atom. The van der Waals surface area contributed by atoms with E-state index in [-0.39, 0.29) is 0 Å². The number of hydrogen-bond donors (Lipinski definition) is 1. The van der Waals surface area contributed by atoms with E-state index in [4.69, 9.17) is 16.6 Å². The summed E-state index contributed by atoms with van der Waals surface area (Å²) in [5.74, 6) is 1.82. The van der Waals surface area contributed by atoms with Gasteiger partial charge in [-0.3, -0.25) is 0 Å². The highest BCUT2D eigenvalue weighted by atomic mass is 35.5. The van der Waals surface area contributed by atoms with E-state index in [9.17, 15) is 0 Å². The summed E-state index contributed by atoms with van der Waals surface area (Å²) < 4.78 is 0. The summed E-state index contributed by atoms with van der Waals surface area (Å²) in [5.41, 5.74) is 0.970. The molecule has 0 saturated heterocycles. The van der Waals surface area contributed by atoms with Crippen molar-refractivity contribution in [3.8, 4) is 0 Å². The first-order valence-electron chi connectivity index (χ1n) is 8.24. The third-order valence-electron chi connectivity index (χ3n) is 3.85. The summed E-state index contributed by atoms with van der Waals surface area (Å²) in [4.78, 5) is 7.29. The molecule has 0 unspecified atom stereocenters. The van der Waals surface area contributed by atoms with Crippen molar-refractivity contribution < 1.29 is 0 Å². The Balaban J connectivity index is 2.07. The van der Waals surface area contributed by atoms with Gasteiger partial charge in [-0.25, -0.2) is 4.98 Å². The number of pyridine rings is 1. The van der Waals surface area contributed by atoms with E-state index in [1.807, 2.05) is 6.07 Å². The molecule has 0 radical (unpaired) electrons. The first kappa shape index (κ1) is 16.6. The molecule has 1 aliphatic carbocycles. The van der Waals surface area contributed by atoms with E-state index in [0.717, 1.165) is 48.5 Å². The van der Waals surface area contributed by atoms with Crippen molar-refractivity contribution in [2.24, 2.45) is 5.92 Å². The molecule has 118 valence electrons. The molecule has 0 atom stereocenters. The summed E-state index contributed by atoms with van der Waals surface area (Å²) in [5, 5.41) is 4.15. The van der Waals surface area contributed by atoms with Crippen molar-refractivity contribution in [3.63, 3.8) is 0 Å². The lowest BCUT2D eigenvalue weighted by Gasteiger charge is -2.25. The zero-order valence-electron chi connectivity index (χ0n) is 13.5. The van der Waals surface area contributed by atoms with Crippen LogP contribution in [0.1, 0.15) is 52.1 Å². The second kappa shape index (κ2) is 8.00. The minimum Gasteiger partial charge on any atom is -0.354 e. The van der Waals surface area contributed by atoms with Crippen LogP contribution < -0.4 is 10.2 Å². The van der Waals surface area contributed by atoms with Crippen LogP contribution >= 0.6 is 11.6 Å². The molecule has 0 bridgehead atoms. The Bertz CT molecular complexity index is 444. The van der Waals surface area contributed by atoms with Crippen molar-refractivity contribution >= 4 is 17.4 Å². The lowest BCUT2D eigenvalue weighted by atomic mass is 10.1. The van der Waals surface area contributed by atoms with E-state index in [2.05, 4.69) is 37.1 Å². The minimum absolute atomic E-state index is 0.689. The molecule has 1 aromatic rings. The molecular formula is C17H28ClN3. The molecule has 1 aromatic heterocycles. The van der Waals surface area contributed by atoms with E-state index >= 15 is 0 Å². The molecule has 1 aliphatic rings. The predicted octanol–water partition coefficient (Wildman–Crippen LogP) is 4.25. The van der Waals surface area contributed by atoms with Crippen molar-refractivity contribution in [3.05, 3.63) is 22.8 Å². The first-order chi connectivity index (χ1) is 10.1. The van der Waals surface area contributed by atoms with Gasteiger partial charge >= 0.3 is 0 Å². The zero-order valence-corrected chi connectivity index (χ0v) is 14.3. The number of halogens is 1. The van der Waals surface area contributed by atoms with Gasteiger partial charge in [0.1, 0.15) is 5.82 Å². The topological polar surface area (TPSA) is 28.2 Å². The first-order valence-corrected chi connectivity index (χ1v) is 8.62. The quantitative estimate of drug-likeness (QED) is 0.691. The number of anilines is 1. The van der Waals surface area contributed by atoms with Gasteiger partial charge in [0.05, 0.1) is 10.7 Å². The van der Waals surface area contributed by atoms with Gasteiger partial charge in [0.15, 0.2) is 0 Å². The molecule has 1 heterocycles. The maximum absolute atomic E-state index is 6.28. The van der Waals surface area contributed by atoms with Crippen LogP contribution in [-0.2, 0) is 6.54 Å². The van der Waals surface area contributed by atoms with Gasteiger partial charge in [-0.05, 0) is 50.3 Å². The lowest BCUT2D eigenvalue weighted by Crippen LogP contribution is -2.29. The highest BCUT2D eigenvalue weighted by Crippen LogP contribution is 2.32. The van der Waals surface area contributed by atoms with Crippen LogP contribution in [0.15, 0.2) is 12.1 Å². The summed E-state index contributed by atoms with van der Waals surface area (Å²) in [6.07, 6.45) is 4.93. The number of nitrogens with zero attached hydrogens (tertiary/aromatic N) is 2. The number of nitrogens with one attached hydrogen (secondary N) is 1. The third-order valence-corrected chi connectivity index (χ3v) is 4.20. The fourth-order valence-corrected chi connectivity index (χ4v) is 2.58. The van der Waals surface area contributed by atoms with Gasteiger partial charge in [-0.1, -0.05) is 32.4 Å². The minimum atomic E-state index is 0.689. The average molecular weight is 310 g/mol. The van der Waals surface area contributed by atoms with Crippen LogP contribution in [0, 0.1) is 5.92 Å². The van der Waals surface area contributed by atoms with Crippen LogP contribution in [0.25, 0.3) is 0 Å². The van der Waals surface area contributed by atoms with Crippen molar-refractivity contribution in [1.29, 1.82) is 0 Å². The number of hydrogen-bond acceptors (Lipinski definition) is 3. The normalized spacial score (nSPS) is 14.7. The summed E-state index contributed by atoms with van der Waals surface area (Å²) in [6, 6.07) is 4.76. The summed E-state index contributed by atoms with van der Waals surface area (Å²) in [7, 11) is 0. The van der Waals surface area contributed by atoms with Crippen LogP contribution in [-0.4, -0.2) is 24.1 Å². The maximum atomic E-state index is 6.28. The second-order valence-corrected chi connectivity index (χ2v) is 6.79. The molecule has 3 nitrogen and oxygen atoms in total. The van der Waals surface area contributed by atoms with Gasteiger partial charge in [-0.2, -0.15) is 0 Å². The Morgan fingerprint density at radius 3 is 2.76 bits per heavy atom. The van der Waals surface area contributed by atoms with Crippen molar-refractivity contribution in [1.82, 2.24) is 10.3 Å². The molecule has 21 heavy (non-hydrogen) atoms. The SMILES string of the molecule is CCCNCc1nc(N(CCC(C)C)C2CC2)ccc1Cl. The standard InChI is InChI=1S/C17H28ClN3/c1-4-10-19-12-16-15(18)7-8-17(20-16)21(14-5-6-14)11-9-13(2)3/h7-8,13-14,19H,4-6,9-12H2,1-3H3. The molecule has 1 saturated carbocycles. The third kappa shape index (κ3) is 5.15. The van der Waals surface area contributed by atoms with E-state index in [1.165, 1.54) is 19.3 Å². The fraction of sp³-hybridized carbons (Fsp3) is 0.706. The van der Waals surface area contributed by atoms with Crippen LogP contribution in [0.3, 0.4) is 0 Å². The monoisotopic (exact) mass is 309 g/mol. The molecule has 0 spiro atoms. The van der Waals surface area contributed by atoms with E-state index in [0.29, 0.717) is 6.04 Å². The number of rotatable bonds is 9. The van der Waals surface area contributed by atoms with E-state index < -0.39 is 0 Å². The van der Waals surface area contributed by atoms with Gasteiger partial charge in [0, 0.05) is 19.1 Å². The highest BCUT2D eigenvalue weighted by Gasteiger charge is 2.30.